The second-order valence-electron chi connectivity index (χ2n) is 8.40. The summed E-state index contributed by atoms with van der Waals surface area (Å²) in [5, 5.41) is 3.34. The number of thiol groups is 1. The first kappa shape index (κ1) is 23.4. The Morgan fingerprint density at radius 3 is 2.52 bits per heavy atom. The Hall–Kier alpha value is -2.25. The minimum atomic E-state index is -0.882. The van der Waals surface area contributed by atoms with Gasteiger partial charge in [0.05, 0.1) is 12.4 Å². The molecule has 0 saturated carbocycles. The van der Waals surface area contributed by atoms with Crippen LogP contribution in [0.2, 0.25) is 0 Å². The van der Waals surface area contributed by atoms with Crippen molar-refractivity contribution >= 4 is 24.9 Å². The smallest absolute Gasteiger partial charge is 0.272 e. The molecule has 1 aliphatic heterocycles. The van der Waals surface area contributed by atoms with Crippen LogP contribution in [0.3, 0.4) is 0 Å². The first-order valence-corrected chi connectivity index (χ1v) is 11.0. The maximum Gasteiger partial charge on any atom is 0.272 e. The predicted molar refractivity (Wildman–Crippen MR) is 123 cm³/mol. The van der Waals surface area contributed by atoms with Crippen LogP contribution in [0.4, 0.5) is 8.78 Å². The van der Waals surface area contributed by atoms with Crippen molar-refractivity contribution in [2.45, 2.75) is 57.0 Å². The minimum Gasteiger partial charge on any atom is -0.341 e. The molecule has 1 aliphatic rings. The lowest BCUT2D eigenvalue weighted by atomic mass is 9.97. The molecule has 0 aromatic heterocycles. The van der Waals surface area contributed by atoms with Crippen LogP contribution in [0, 0.1) is 11.6 Å². The van der Waals surface area contributed by atoms with E-state index in [9.17, 15) is 13.6 Å². The summed E-state index contributed by atoms with van der Waals surface area (Å²) in [6.07, 6.45) is 3.17. The van der Waals surface area contributed by atoms with Crippen molar-refractivity contribution in [3.63, 3.8) is 0 Å². The van der Waals surface area contributed by atoms with E-state index < -0.39 is 23.2 Å². The normalized spacial score (nSPS) is 17.2. The topological polar surface area (TPSA) is 44.7 Å². The molecule has 31 heavy (non-hydrogen) atoms. The van der Waals surface area contributed by atoms with Crippen molar-refractivity contribution in [1.29, 1.82) is 0 Å². The molecule has 0 spiro atoms. The molecule has 1 unspecified atom stereocenters. The molecule has 2 aromatic rings. The number of aliphatic imine (C=N–C) groups is 1. The van der Waals surface area contributed by atoms with Gasteiger partial charge in [-0.25, -0.2) is 13.8 Å². The Bertz CT molecular complexity index is 949. The summed E-state index contributed by atoms with van der Waals surface area (Å²) in [5.74, 6) is -1.25. The number of benzene rings is 2. The third kappa shape index (κ3) is 5.33. The molecule has 2 atom stereocenters. The first-order chi connectivity index (χ1) is 14.7. The van der Waals surface area contributed by atoms with Crippen molar-refractivity contribution < 1.29 is 13.6 Å². The summed E-state index contributed by atoms with van der Waals surface area (Å²) in [5.41, 5.74) is 0.782. The SMILES string of the molecule is CC(c1cc(F)c(CNCCC[C@@H](S)c2ccccc2)cc1F)N1C=NC(=O)C1(C)C. The van der Waals surface area contributed by atoms with Gasteiger partial charge in [0.15, 0.2) is 0 Å². The molecule has 4 nitrogen and oxygen atoms in total. The van der Waals surface area contributed by atoms with Crippen molar-refractivity contribution in [3.05, 3.63) is 70.8 Å². The lowest BCUT2D eigenvalue weighted by Crippen LogP contribution is -2.45. The first-order valence-electron chi connectivity index (χ1n) is 10.5. The van der Waals surface area contributed by atoms with Gasteiger partial charge in [-0.1, -0.05) is 30.3 Å². The Morgan fingerprint density at radius 2 is 1.87 bits per heavy atom. The summed E-state index contributed by atoms with van der Waals surface area (Å²) < 4.78 is 29.5. The fourth-order valence-electron chi connectivity index (χ4n) is 3.81. The maximum absolute atomic E-state index is 14.8. The molecule has 0 aliphatic carbocycles. The second-order valence-corrected chi connectivity index (χ2v) is 9.03. The zero-order valence-corrected chi connectivity index (χ0v) is 19.0. The van der Waals surface area contributed by atoms with Gasteiger partial charge in [0, 0.05) is 22.9 Å². The van der Waals surface area contributed by atoms with Gasteiger partial charge in [0.1, 0.15) is 17.2 Å². The highest BCUT2D eigenvalue weighted by atomic mass is 32.1. The molecule has 0 radical (unpaired) electrons. The highest BCUT2D eigenvalue weighted by Gasteiger charge is 2.40. The number of carbonyl (C=O) groups is 1. The van der Waals surface area contributed by atoms with E-state index in [4.69, 9.17) is 0 Å². The number of hydrogen-bond acceptors (Lipinski definition) is 4. The Labute approximate surface area is 188 Å². The maximum atomic E-state index is 14.8. The number of carbonyl (C=O) groups excluding carboxylic acids is 1. The predicted octanol–water partition coefficient (Wildman–Crippen LogP) is 5.22. The van der Waals surface area contributed by atoms with Crippen LogP contribution in [0.5, 0.6) is 0 Å². The van der Waals surface area contributed by atoms with E-state index in [0.717, 1.165) is 12.8 Å². The van der Waals surface area contributed by atoms with E-state index >= 15 is 0 Å². The zero-order valence-electron chi connectivity index (χ0n) is 18.1. The highest BCUT2D eigenvalue weighted by Crippen LogP contribution is 2.33. The molecule has 0 fully saturated rings. The van der Waals surface area contributed by atoms with Gasteiger partial charge in [-0.15, -0.1) is 0 Å². The van der Waals surface area contributed by atoms with Crippen molar-refractivity contribution in [1.82, 2.24) is 10.2 Å². The summed E-state index contributed by atoms with van der Waals surface area (Å²) in [7, 11) is 0. The fourth-order valence-corrected chi connectivity index (χ4v) is 4.16. The van der Waals surface area contributed by atoms with Gasteiger partial charge in [0.2, 0.25) is 0 Å². The van der Waals surface area contributed by atoms with Gasteiger partial charge < -0.3 is 10.2 Å². The van der Waals surface area contributed by atoms with E-state index in [2.05, 4.69) is 35.1 Å². The third-order valence-corrected chi connectivity index (χ3v) is 6.39. The van der Waals surface area contributed by atoms with Crippen LogP contribution in [-0.4, -0.2) is 29.2 Å². The lowest BCUT2D eigenvalue weighted by Gasteiger charge is -2.35. The van der Waals surface area contributed by atoms with E-state index in [0.29, 0.717) is 6.54 Å². The van der Waals surface area contributed by atoms with Crippen LogP contribution in [0.25, 0.3) is 0 Å². The summed E-state index contributed by atoms with van der Waals surface area (Å²) in [4.78, 5) is 17.4. The highest BCUT2D eigenvalue weighted by molar-refractivity contribution is 7.80. The van der Waals surface area contributed by atoms with E-state index in [1.165, 1.54) is 24.0 Å². The van der Waals surface area contributed by atoms with Gasteiger partial charge in [-0.2, -0.15) is 12.6 Å². The number of rotatable bonds is 9. The molecule has 2 aromatic carbocycles. The number of hydrogen-bond donors (Lipinski definition) is 2. The number of nitrogens with zero attached hydrogens (tertiary/aromatic N) is 2. The molecule has 1 heterocycles. The molecular weight excluding hydrogens is 416 g/mol. The number of nitrogens with one attached hydrogen (secondary N) is 1. The fraction of sp³-hybridized carbons (Fsp3) is 0.417. The van der Waals surface area contributed by atoms with Gasteiger partial charge in [0.25, 0.3) is 5.91 Å². The van der Waals surface area contributed by atoms with E-state index in [1.807, 2.05) is 18.2 Å². The molecular formula is C24H29F2N3OS. The van der Waals surface area contributed by atoms with E-state index in [1.54, 1.807) is 25.7 Å². The largest absolute Gasteiger partial charge is 0.341 e. The van der Waals surface area contributed by atoms with Gasteiger partial charge in [-0.3, -0.25) is 4.79 Å². The quantitative estimate of drug-likeness (QED) is 0.411. The second kappa shape index (κ2) is 9.92. The summed E-state index contributed by atoms with van der Waals surface area (Å²) >= 11 is 4.63. The minimum absolute atomic E-state index is 0.156. The van der Waals surface area contributed by atoms with Gasteiger partial charge >= 0.3 is 0 Å². The van der Waals surface area contributed by atoms with Crippen molar-refractivity contribution in [2.24, 2.45) is 4.99 Å². The van der Waals surface area contributed by atoms with Crippen LogP contribution < -0.4 is 5.32 Å². The monoisotopic (exact) mass is 445 g/mol. The van der Waals surface area contributed by atoms with Crippen LogP contribution in [-0.2, 0) is 11.3 Å². The Morgan fingerprint density at radius 1 is 1.16 bits per heavy atom. The van der Waals surface area contributed by atoms with Crippen LogP contribution in [0.1, 0.15) is 61.6 Å². The molecule has 7 heteroatoms. The average Bonchev–Trinajstić information content (AvgIpc) is 3.02. The molecule has 0 saturated heterocycles. The molecule has 1 N–H and O–H groups in total. The van der Waals surface area contributed by atoms with Crippen LogP contribution >= 0.6 is 12.6 Å². The van der Waals surface area contributed by atoms with E-state index in [-0.39, 0.29) is 28.8 Å². The zero-order chi connectivity index (χ0) is 22.6. The van der Waals surface area contributed by atoms with Crippen molar-refractivity contribution in [2.75, 3.05) is 6.54 Å². The number of amides is 1. The van der Waals surface area contributed by atoms with Crippen molar-refractivity contribution in [3.8, 4) is 0 Å². The number of halogens is 2. The Balaban J connectivity index is 1.55. The standard InChI is InChI=1S/C24H29F2N3OS/c1-16(29-15-28-23(30)24(29,2)3)19-13-20(25)18(12-21(19)26)14-27-11-7-10-22(31)17-8-5-4-6-9-17/h4-6,8-9,12-13,15-16,22,27,31H,7,10-11,14H2,1-3H3/t16?,22-/m1/s1. The molecule has 1 amide bonds. The lowest BCUT2D eigenvalue weighted by molar-refractivity contribution is -0.124. The summed E-state index contributed by atoms with van der Waals surface area (Å²) in [6.45, 7) is 6.11. The molecule has 0 bridgehead atoms. The molecule has 3 rings (SSSR count). The van der Waals surface area contributed by atoms with Gasteiger partial charge in [-0.05, 0) is 57.9 Å². The Kier molecular flexibility index (Phi) is 7.49. The van der Waals surface area contributed by atoms with Crippen LogP contribution in [0.15, 0.2) is 47.5 Å². The molecule has 166 valence electrons. The summed E-state index contributed by atoms with van der Waals surface area (Å²) in [6, 6.07) is 12.0. The average molecular weight is 446 g/mol. The third-order valence-electron chi connectivity index (χ3n) is 5.83.